The number of benzene rings is 2. The van der Waals surface area contributed by atoms with Crippen LogP contribution in [0.2, 0.25) is 0 Å². The van der Waals surface area contributed by atoms with Crippen molar-refractivity contribution < 1.29 is 14.0 Å². The number of nitrogens with zero attached hydrogens (tertiary/aromatic N) is 2. The van der Waals surface area contributed by atoms with Gasteiger partial charge in [0.15, 0.2) is 5.78 Å². The average molecular weight is 609 g/mol. The van der Waals surface area contributed by atoms with Gasteiger partial charge in [0.2, 0.25) is 0 Å². The summed E-state index contributed by atoms with van der Waals surface area (Å²) in [7, 11) is 0. The normalized spacial score (nSPS) is 13.3. The van der Waals surface area contributed by atoms with Crippen LogP contribution in [0.3, 0.4) is 0 Å². The third-order valence-electron chi connectivity index (χ3n) is 8.43. The first-order valence-electron chi connectivity index (χ1n) is 16.3. The van der Waals surface area contributed by atoms with Crippen LogP contribution in [0.25, 0.3) is 5.57 Å². The van der Waals surface area contributed by atoms with Crippen LogP contribution in [0, 0.1) is 34.4 Å². The van der Waals surface area contributed by atoms with E-state index in [2.05, 4.69) is 51.7 Å². The monoisotopic (exact) mass is 608 g/mol. The van der Waals surface area contributed by atoms with E-state index in [1.165, 1.54) is 6.07 Å². The Hall–Kier alpha value is -3.91. The molecular formula is C40H49FN2O2. The summed E-state index contributed by atoms with van der Waals surface area (Å²) >= 11 is 0. The number of halogens is 1. The zero-order chi connectivity index (χ0) is 33.1. The molecule has 0 saturated carbocycles. The SMILES string of the molecule is CCC(C)/C=C(\C)c1cc(CCCc2cccc(F)c2)c(C(=O)CCc2cccnc2CC(C)C(=O)CC(C)(C)C)cc1C#N. The molecule has 0 radical (unpaired) electrons. The van der Waals surface area contributed by atoms with Crippen molar-refractivity contribution in [2.75, 3.05) is 0 Å². The van der Waals surface area contributed by atoms with Gasteiger partial charge in [0.05, 0.1) is 11.6 Å². The topological polar surface area (TPSA) is 70.8 Å². The lowest BCUT2D eigenvalue weighted by Gasteiger charge is -2.20. The van der Waals surface area contributed by atoms with Crippen LogP contribution in [0.4, 0.5) is 4.39 Å². The summed E-state index contributed by atoms with van der Waals surface area (Å²) in [6.07, 6.45) is 8.82. The lowest BCUT2D eigenvalue weighted by atomic mass is 9.84. The van der Waals surface area contributed by atoms with E-state index in [0.717, 1.165) is 46.4 Å². The number of aromatic nitrogens is 1. The van der Waals surface area contributed by atoms with Crippen LogP contribution >= 0.6 is 0 Å². The van der Waals surface area contributed by atoms with Crippen LogP contribution in [0.1, 0.15) is 118 Å². The predicted octanol–water partition coefficient (Wildman–Crippen LogP) is 9.72. The molecule has 0 aliphatic rings. The largest absolute Gasteiger partial charge is 0.299 e. The smallest absolute Gasteiger partial charge is 0.163 e. The molecule has 238 valence electrons. The number of hydrogen-bond acceptors (Lipinski definition) is 4. The standard InChI is InChI=1S/C40H49FN2O2/c1-8-27(2)20-28(3)35-23-32(14-9-12-30-13-10-16-34(41)22-30)36(24-33(35)26-42)38(44)18-17-31-15-11-19-43-37(31)21-29(4)39(45)25-40(5,6)7/h10-11,13,15-16,19-20,22-24,27,29H,8-9,12,14,17-18,21,25H2,1-7H3/b28-20+. The number of nitriles is 1. The molecule has 0 aliphatic carbocycles. The Labute approximate surface area is 269 Å². The number of hydrogen-bond donors (Lipinski definition) is 0. The zero-order valence-electron chi connectivity index (χ0n) is 28.2. The number of pyridine rings is 1. The van der Waals surface area contributed by atoms with Crippen molar-refractivity contribution in [3.8, 4) is 6.07 Å². The van der Waals surface area contributed by atoms with E-state index < -0.39 is 0 Å². The van der Waals surface area contributed by atoms with Crippen LogP contribution in [0.5, 0.6) is 0 Å². The molecule has 2 aromatic carbocycles. The highest BCUT2D eigenvalue weighted by atomic mass is 19.1. The van der Waals surface area contributed by atoms with Crippen molar-refractivity contribution in [2.24, 2.45) is 17.3 Å². The number of carbonyl (C=O) groups excluding carboxylic acids is 2. The second-order valence-electron chi connectivity index (χ2n) is 13.7. The number of aryl methyl sites for hydroxylation is 3. The molecular weight excluding hydrogens is 559 g/mol. The van der Waals surface area contributed by atoms with Crippen molar-refractivity contribution >= 4 is 17.1 Å². The van der Waals surface area contributed by atoms with Crippen molar-refractivity contribution in [1.82, 2.24) is 4.98 Å². The summed E-state index contributed by atoms with van der Waals surface area (Å²) in [5, 5.41) is 10.1. The van der Waals surface area contributed by atoms with E-state index >= 15 is 0 Å². The van der Waals surface area contributed by atoms with Gasteiger partial charge in [0, 0.05) is 36.2 Å². The molecule has 2 unspecified atom stereocenters. The molecule has 5 heteroatoms. The van der Waals surface area contributed by atoms with E-state index in [1.54, 1.807) is 24.4 Å². The maximum atomic E-state index is 13.8. The first-order chi connectivity index (χ1) is 21.3. The highest BCUT2D eigenvalue weighted by Gasteiger charge is 2.23. The van der Waals surface area contributed by atoms with Gasteiger partial charge in [-0.25, -0.2) is 4.39 Å². The first-order valence-corrected chi connectivity index (χ1v) is 16.3. The summed E-state index contributed by atoms with van der Waals surface area (Å²) in [4.78, 5) is 31.3. The minimum absolute atomic E-state index is 0.0194. The van der Waals surface area contributed by atoms with Crippen molar-refractivity contribution in [2.45, 2.75) is 99.8 Å². The summed E-state index contributed by atoms with van der Waals surface area (Å²) in [6.45, 7) is 14.5. The summed E-state index contributed by atoms with van der Waals surface area (Å²) in [5.74, 6) is 0.164. The van der Waals surface area contributed by atoms with Gasteiger partial charge in [-0.05, 0) is 109 Å². The number of allylic oxidation sites excluding steroid dienone is 2. The quantitative estimate of drug-likeness (QED) is 0.161. The molecule has 3 rings (SSSR count). The molecule has 2 atom stereocenters. The van der Waals surface area contributed by atoms with Gasteiger partial charge in [-0.1, -0.05) is 72.2 Å². The molecule has 0 bridgehead atoms. The fourth-order valence-electron chi connectivity index (χ4n) is 5.71. The van der Waals surface area contributed by atoms with E-state index in [0.29, 0.717) is 49.1 Å². The van der Waals surface area contributed by atoms with Crippen molar-refractivity contribution in [3.05, 3.63) is 106 Å². The fourth-order valence-corrected chi connectivity index (χ4v) is 5.71. The van der Waals surface area contributed by atoms with Gasteiger partial charge in [-0.3, -0.25) is 14.6 Å². The second kappa shape index (κ2) is 16.4. The van der Waals surface area contributed by atoms with Gasteiger partial charge >= 0.3 is 0 Å². The molecule has 1 aromatic heterocycles. The Bertz CT molecular complexity index is 1560. The summed E-state index contributed by atoms with van der Waals surface area (Å²) < 4.78 is 13.8. The van der Waals surface area contributed by atoms with Crippen LogP contribution in [0.15, 0.2) is 60.8 Å². The van der Waals surface area contributed by atoms with Gasteiger partial charge in [0.25, 0.3) is 0 Å². The number of rotatable bonds is 15. The predicted molar refractivity (Wildman–Crippen MR) is 182 cm³/mol. The number of Topliss-reactive ketones (excluding diaryl/α,β-unsaturated/α-hetero) is 2. The van der Waals surface area contributed by atoms with E-state index in [1.807, 2.05) is 38.1 Å². The van der Waals surface area contributed by atoms with Gasteiger partial charge in [-0.15, -0.1) is 0 Å². The van der Waals surface area contributed by atoms with Crippen molar-refractivity contribution in [3.63, 3.8) is 0 Å². The highest BCUT2D eigenvalue weighted by molar-refractivity contribution is 5.98. The van der Waals surface area contributed by atoms with Crippen molar-refractivity contribution in [1.29, 1.82) is 5.26 Å². The van der Waals surface area contributed by atoms with E-state index in [9.17, 15) is 19.2 Å². The third kappa shape index (κ3) is 10.9. The molecule has 45 heavy (non-hydrogen) atoms. The first kappa shape index (κ1) is 35.6. The maximum Gasteiger partial charge on any atom is 0.163 e. The lowest BCUT2D eigenvalue weighted by Crippen LogP contribution is -2.21. The van der Waals surface area contributed by atoms with Crippen LogP contribution < -0.4 is 0 Å². The summed E-state index contributed by atoms with van der Waals surface area (Å²) in [5.41, 5.74) is 6.55. The minimum atomic E-state index is -0.252. The van der Waals surface area contributed by atoms with Crippen LogP contribution in [-0.2, 0) is 30.5 Å². The fraction of sp³-hybridized carbons (Fsp3) is 0.450. The molecule has 0 saturated heterocycles. The zero-order valence-corrected chi connectivity index (χ0v) is 28.2. The Morgan fingerprint density at radius 2 is 1.76 bits per heavy atom. The molecule has 0 amide bonds. The molecule has 4 nitrogen and oxygen atoms in total. The number of ketones is 2. The molecule has 3 aromatic rings. The lowest BCUT2D eigenvalue weighted by molar-refractivity contribution is -0.124. The molecule has 0 fully saturated rings. The maximum absolute atomic E-state index is 13.8. The Kier molecular flexibility index (Phi) is 13.0. The van der Waals surface area contributed by atoms with E-state index in [-0.39, 0.29) is 35.1 Å². The van der Waals surface area contributed by atoms with Gasteiger partial charge in [0.1, 0.15) is 11.6 Å². The summed E-state index contributed by atoms with van der Waals surface area (Å²) in [6, 6.07) is 16.6. The Morgan fingerprint density at radius 1 is 1.00 bits per heavy atom. The van der Waals surface area contributed by atoms with E-state index in [4.69, 9.17) is 0 Å². The highest BCUT2D eigenvalue weighted by Crippen LogP contribution is 2.28. The number of carbonyl (C=O) groups is 2. The van der Waals surface area contributed by atoms with Gasteiger partial charge < -0.3 is 0 Å². The Morgan fingerprint density at radius 3 is 2.42 bits per heavy atom. The average Bonchev–Trinajstić information content (AvgIpc) is 2.99. The van der Waals surface area contributed by atoms with Gasteiger partial charge in [-0.2, -0.15) is 5.26 Å². The minimum Gasteiger partial charge on any atom is -0.299 e. The molecule has 0 spiro atoms. The third-order valence-corrected chi connectivity index (χ3v) is 8.43. The molecule has 1 heterocycles. The van der Waals surface area contributed by atoms with Crippen LogP contribution in [-0.4, -0.2) is 16.6 Å². The molecule has 0 N–H and O–H groups in total. The second-order valence-corrected chi connectivity index (χ2v) is 13.7. The Balaban J connectivity index is 1.87. The molecule has 0 aliphatic heterocycles.